The van der Waals surface area contributed by atoms with Gasteiger partial charge in [-0.2, -0.15) is 5.26 Å². The largest absolute Gasteiger partial charge is 0.387 e. The second-order valence-electron chi connectivity index (χ2n) is 6.62. The minimum Gasteiger partial charge on any atom is -0.387 e. The first-order chi connectivity index (χ1) is 8.78. The number of hydrogen-bond donors (Lipinski definition) is 1. The van der Waals surface area contributed by atoms with Crippen LogP contribution in [0.25, 0.3) is 0 Å². The number of nitrogens with zero attached hydrogens (tertiary/aromatic N) is 1. The molecule has 0 unspecified atom stereocenters. The number of Topliss-reactive ketones (excluding diaryl/α,β-unsaturated/α-hetero) is 1. The van der Waals surface area contributed by atoms with Crippen LogP contribution in [-0.4, -0.2) is 16.5 Å². The maximum Gasteiger partial charge on any atom is 0.135 e. The van der Waals surface area contributed by atoms with E-state index in [1.807, 2.05) is 13.8 Å². The van der Waals surface area contributed by atoms with Crippen LogP contribution in [0.4, 0.5) is 0 Å². The highest BCUT2D eigenvalue weighted by Gasteiger charge is 2.64. The van der Waals surface area contributed by atoms with E-state index in [9.17, 15) is 15.2 Å². The second-order valence-corrected chi connectivity index (χ2v) is 6.62. The van der Waals surface area contributed by atoms with Crippen LogP contribution in [0, 0.1) is 34.5 Å². The first-order valence-corrected chi connectivity index (χ1v) is 7.09. The van der Waals surface area contributed by atoms with Gasteiger partial charge in [-0.25, -0.2) is 0 Å². The molecule has 3 nitrogen and oxygen atoms in total. The van der Waals surface area contributed by atoms with Crippen LogP contribution in [0.1, 0.15) is 46.5 Å². The summed E-state index contributed by atoms with van der Waals surface area (Å²) in [6.07, 6.45) is 1.87. The Labute approximate surface area is 115 Å². The van der Waals surface area contributed by atoms with Crippen molar-refractivity contribution < 1.29 is 9.90 Å². The summed E-state index contributed by atoms with van der Waals surface area (Å²) in [6.45, 7) is 10.0. The Bertz CT molecular complexity index is 464. The molecule has 0 aromatic carbocycles. The third kappa shape index (κ3) is 1.77. The van der Waals surface area contributed by atoms with Crippen LogP contribution in [0.2, 0.25) is 0 Å². The minimum atomic E-state index is -1.20. The fourth-order valence-corrected chi connectivity index (χ4v) is 4.24. The lowest BCUT2D eigenvalue weighted by atomic mass is 9.46. The lowest BCUT2D eigenvalue weighted by Crippen LogP contribution is -2.64. The Morgan fingerprint density at radius 3 is 2.68 bits per heavy atom. The number of ketones is 1. The van der Waals surface area contributed by atoms with Crippen LogP contribution < -0.4 is 0 Å². The maximum absolute atomic E-state index is 11.8. The summed E-state index contributed by atoms with van der Waals surface area (Å²) < 4.78 is 0. The molecule has 2 aliphatic rings. The standard InChI is InChI=1S/C16H23NO2/c1-10(2)14-7-11(3)12(4)16(19)8-13(18)5-6-15(14,16)9-17/h11-12,14,19H,1,5-8H2,2-4H3/t11-,12-,14+,15-,16+/m1/s1. The lowest BCUT2D eigenvalue weighted by molar-refractivity contribution is -0.184. The molecule has 0 heterocycles. The highest BCUT2D eigenvalue weighted by Crippen LogP contribution is 2.60. The Morgan fingerprint density at radius 2 is 2.16 bits per heavy atom. The van der Waals surface area contributed by atoms with E-state index in [1.165, 1.54) is 0 Å². The summed E-state index contributed by atoms with van der Waals surface area (Å²) >= 11 is 0. The molecule has 0 aromatic heterocycles. The zero-order valence-electron chi connectivity index (χ0n) is 12.1. The van der Waals surface area contributed by atoms with Crippen LogP contribution in [-0.2, 0) is 4.79 Å². The van der Waals surface area contributed by atoms with Gasteiger partial charge in [-0.3, -0.25) is 4.79 Å². The van der Waals surface area contributed by atoms with Gasteiger partial charge in [0.25, 0.3) is 0 Å². The molecule has 3 heteroatoms. The van der Waals surface area contributed by atoms with E-state index >= 15 is 0 Å². The van der Waals surface area contributed by atoms with E-state index in [0.29, 0.717) is 18.8 Å². The fraction of sp³-hybridized carbons (Fsp3) is 0.750. The number of allylic oxidation sites excluding steroid dienone is 1. The predicted octanol–water partition coefficient (Wildman–Crippen LogP) is 2.85. The van der Waals surface area contributed by atoms with Crippen molar-refractivity contribution in [2.45, 2.75) is 52.1 Å². The van der Waals surface area contributed by atoms with Gasteiger partial charge in [-0.1, -0.05) is 26.0 Å². The van der Waals surface area contributed by atoms with Gasteiger partial charge >= 0.3 is 0 Å². The quantitative estimate of drug-likeness (QED) is 0.738. The van der Waals surface area contributed by atoms with Gasteiger partial charge in [0, 0.05) is 18.8 Å². The topological polar surface area (TPSA) is 61.1 Å². The van der Waals surface area contributed by atoms with E-state index < -0.39 is 11.0 Å². The lowest BCUT2D eigenvalue weighted by Gasteiger charge is -2.58. The van der Waals surface area contributed by atoms with Gasteiger partial charge in [-0.15, -0.1) is 0 Å². The molecular weight excluding hydrogens is 238 g/mol. The molecule has 2 rings (SSSR count). The molecule has 0 radical (unpaired) electrons. The van der Waals surface area contributed by atoms with Crippen LogP contribution in [0.5, 0.6) is 0 Å². The molecule has 2 fully saturated rings. The third-order valence-electron chi connectivity index (χ3n) is 5.64. The highest BCUT2D eigenvalue weighted by molar-refractivity contribution is 5.81. The summed E-state index contributed by atoms with van der Waals surface area (Å²) in [5.74, 6) is 0.322. The molecule has 0 amide bonds. The summed E-state index contributed by atoms with van der Waals surface area (Å²) in [4.78, 5) is 11.8. The summed E-state index contributed by atoms with van der Waals surface area (Å²) in [5.41, 5.74) is -1.08. The average Bonchev–Trinajstić information content (AvgIpc) is 2.34. The van der Waals surface area contributed by atoms with E-state index in [4.69, 9.17) is 0 Å². The Morgan fingerprint density at radius 1 is 1.53 bits per heavy atom. The first kappa shape index (κ1) is 14.3. The number of carbonyl (C=O) groups excluding carboxylic acids is 1. The zero-order valence-corrected chi connectivity index (χ0v) is 12.1. The van der Waals surface area contributed by atoms with Crippen molar-refractivity contribution in [1.29, 1.82) is 5.26 Å². The highest BCUT2D eigenvalue weighted by atomic mass is 16.3. The molecule has 5 atom stereocenters. The second kappa shape index (κ2) is 4.45. The number of rotatable bonds is 1. The van der Waals surface area contributed by atoms with Crippen LogP contribution in [0.3, 0.4) is 0 Å². The molecule has 0 aliphatic heterocycles. The molecule has 0 bridgehead atoms. The summed E-state index contributed by atoms with van der Waals surface area (Å²) in [6, 6.07) is 2.40. The number of aliphatic hydroxyl groups is 1. The van der Waals surface area contributed by atoms with E-state index in [-0.39, 0.29) is 24.0 Å². The van der Waals surface area contributed by atoms with Crippen molar-refractivity contribution in [2.24, 2.45) is 23.2 Å². The van der Waals surface area contributed by atoms with Crippen molar-refractivity contribution in [3.8, 4) is 6.07 Å². The summed E-state index contributed by atoms with van der Waals surface area (Å²) in [7, 11) is 0. The zero-order chi connectivity index (χ0) is 14.4. The monoisotopic (exact) mass is 261 g/mol. The first-order valence-electron chi connectivity index (χ1n) is 7.09. The molecule has 2 aliphatic carbocycles. The number of fused-ring (bicyclic) bond motifs is 1. The maximum atomic E-state index is 11.8. The van der Waals surface area contributed by atoms with Gasteiger partial charge in [-0.05, 0) is 31.6 Å². The SMILES string of the molecule is C=C(C)[C@@H]1C[C@@H](C)[C@@H](C)[C@@]2(O)CC(=O)CC[C@@]12C#N. The van der Waals surface area contributed by atoms with Gasteiger partial charge in [0.2, 0.25) is 0 Å². The molecule has 104 valence electrons. The van der Waals surface area contributed by atoms with Crippen molar-refractivity contribution in [1.82, 2.24) is 0 Å². The summed E-state index contributed by atoms with van der Waals surface area (Å²) in [5, 5.41) is 21.0. The van der Waals surface area contributed by atoms with E-state index in [0.717, 1.165) is 12.0 Å². The molecule has 0 aromatic rings. The Hall–Kier alpha value is -1.14. The Balaban J connectivity index is 2.57. The van der Waals surface area contributed by atoms with Gasteiger partial charge in [0.1, 0.15) is 5.78 Å². The molecule has 0 spiro atoms. The number of carbonyl (C=O) groups is 1. The molecular formula is C16H23NO2. The van der Waals surface area contributed by atoms with E-state index in [2.05, 4.69) is 19.6 Å². The predicted molar refractivity (Wildman–Crippen MR) is 73.1 cm³/mol. The third-order valence-corrected chi connectivity index (χ3v) is 5.64. The van der Waals surface area contributed by atoms with E-state index in [1.54, 1.807) is 0 Å². The fourth-order valence-electron chi connectivity index (χ4n) is 4.24. The molecule has 0 saturated heterocycles. The van der Waals surface area contributed by atoms with Gasteiger partial charge in [0.05, 0.1) is 17.1 Å². The average molecular weight is 261 g/mol. The molecule has 2 saturated carbocycles. The number of hydrogen-bond acceptors (Lipinski definition) is 3. The Kier molecular flexibility index (Phi) is 3.35. The van der Waals surface area contributed by atoms with Crippen LogP contribution >= 0.6 is 0 Å². The van der Waals surface area contributed by atoms with Crippen molar-refractivity contribution in [3.05, 3.63) is 12.2 Å². The van der Waals surface area contributed by atoms with Gasteiger partial charge < -0.3 is 5.11 Å². The van der Waals surface area contributed by atoms with Crippen molar-refractivity contribution in [2.75, 3.05) is 0 Å². The molecule has 19 heavy (non-hydrogen) atoms. The normalized spacial score (nSPS) is 46.3. The van der Waals surface area contributed by atoms with Crippen molar-refractivity contribution >= 4 is 5.78 Å². The smallest absolute Gasteiger partial charge is 0.135 e. The number of nitriles is 1. The minimum absolute atomic E-state index is 0.0122. The van der Waals surface area contributed by atoms with Crippen LogP contribution in [0.15, 0.2) is 12.2 Å². The molecule has 1 N–H and O–H groups in total. The van der Waals surface area contributed by atoms with Gasteiger partial charge in [0.15, 0.2) is 0 Å². The van der Waals surface area contributed by atoms with Crippen molar-refractivity contribution in [3.63, 3.8) is 0 Å².